The Morgan fingerprint density at radius 3 is 0.983 bits per heavy atom. The van der Waals surface area contributed by atoms with Crippen LogP contribution < -0.4 is 0 Å². The summed E-state index contributed by atoms with van der Waals surface area (Å²) in [6, 6.07) is 0. The fourth-order valence-electron chi connectivity index (χ4n) is 16.9. The largest absolute Gasteiger partial charge is 0.472 e. The maximum atomic E-state index is 15.0. The van der Waals surface area contributed by atoms with Crippen LogP contribution >= 0.6 is 7.82 Å². The zero-order chi connectivity index (χ0) is 88.5. The minimum Gasteiger partial charge on any atom is -0.463 e. The van der Waals surface area contributed by atoms with E-state index in [0.29, 0.717) is 43.9 Å². The van der Waals surface area contributed by atoms with Gasteiger partial charge < -0.3 is 88.7 Å². The molecule has 3 fully saturated rings. The van der Waals surface area contributed by atoms with Gasteiger partial charge in [-0.25, -0.2) is 4.57 Å². The number of aliphatic hydroxyl groups is 9. The number of phosphoric acid groups is 1. The first kappa shape index (κ1) is 113. The van der Waals surface area contributed by atoms with Gasteiger partial charge in [0.15, 0.2) is 24.8 Å². The van der Waals surface area contributed by atoms with E-state index in [4.69, 9.17) is 46.9 Å². The summed E-state index contributed by atoms with van der Waals surface area (Å²) in [7, 11) is -5.81. The Bertz CT molecular complexity index is 2540. The highest BCUT2D eigenvalue weighted by atomic mass is 31.2. The fourth-order valence-corrected chi connectivity index (χ4v) is 17.8. The van der Waals surface area contributed by atoms with Crippen molar-refractivity contribution in [1.29, 1.82) is 0 Å². The van der Waals surface area contributed by atoms with Gasteiger partial charge in [-0.05, 0) is 37.5 Å². The fraction of sp³-hybridized carbons (Fsp3) is 0.958. The first-order valence-electron chi connectivity index (χ1n) is 49.6. The van der Waals surface area contributed by atoms with Crippen LogP contribution in [0.5, 0.6) is 0 Å². The number of hydrogen-bond acceptors (Lipinski definition) is 24. The molecule has 0 aromatic carbocycles. The lowest BCUT2D eigenvalue weighted by molar-refractivity contribution is -0.360. The van der Waals surface area contributed by atoms with Gasteiger partial charge in [-0.3, -0.25) is 28.2 Å². The highest BCUT2D eigenvalue weighted by Crippen LogP contribution is 2.49. The molecule has 25 nitrogen and oxygen atoms in total. The molecule has 0 spiro atoms. The van der Waals surface area contributed by atoms with E-state index in [1.807, 2.05) is 0 Å². The summed E-state index contributed by atoms with van der Waals surface area (Å²) in [5, 5.41) is 103. The Morgan fingerprint density at radius 2 is 0.620 bits per heavy atom. The van der Waals surface area contributed by atoms with Crippen molar-refractivity contribution in [2.75, 3.05) is 26.4 Å². The maximum Gasteiger partial charge on any atom is 0.472 e. The molecule has 0 bridgehead atoms. The minimum absolute atomic E-state index is 0.0193. The van der Waals surface area contributed by atoms with Gasteiger partial charge in [-0.2, -0.15) is 0 Å². The number of phosphoric ester groups is 1. The Hall–Kier alpha value is -2.53. The monoisotopic (exact) mass is 1750 g/mol. The van der Waals surface area contributed by atoms with Gasteiger partial charge in [0.1, 0.15) is 92.6 Å². The molecule has 0 radical (unpaired) electrons. The number of unbranched alkanes of at least 4 members (excludes halogenated alkanes) is 48. The third-order valence-electron chi connectivity index (χ3n) is 24.9. The molecule has 3 aliphatic rings. The van der Waals surface area contributed by atoms with Crippen molar-refractivity contribution in [3.63, 3.8) is 0 Å². The number of aliphatic hydroxyl groups excluding tert-OH is 9. The Balaban J connectivity index is 1.91. The Morgan fingerprint density at radius 1 is 0.322 bits per heavy atom. The Kier molecular flexibility index (Phi) is 67.3. The molecule has 0 amide bonds. The van der Waals surface area contributed by atoms with E-state index in [2.05, 4.69) is 41.5 Å². The van der Waals surface area contributed by atoms with Crippen molar-refractivity contribution in [2.24, 2.45) is 11.8 Å². The molecule has 1 aliphatic carbocycles. The molecule has 3 rings (SSSR count). The number of carbonyl (C=O) groups is 4. The lowest BCUT2D eigenvalue weighted by atomic mass is 9.84. The zero-order valence-electron chi connectivity index (χ0n) is 76.7. The zero-order valence-corrected chi connectivity index (χ0v) is 77.6. The van der Waals surface area contributed by atoms with E-state index in [-0.39, 0.29) is 25.7 Å². The lowest BCUT2D eigenvalue weighted by Gasteiger charge is -2.50. The second kappa shape index (κ2) is 72.3. The number of carbonyl (C=O) groups excluding carboxylic acids is 4. The van der Waals surface area contributed by atoms with Crippen LogP contribution in [0.25, 0.3) is 0 Å². The first-order valence-corrected chi connectivity index (χ1v) is 51.0. The molecule has 10 N–H and O–H groups in total. The van der Waals surface area contributed by atoms with E-state index in [9.17, 15) is 74.6 Å². The van der Waals surface area contributed by atoms with Crippen LogP contribution in [-0.4, -0.2) is 205 Å². The summed E-state index contributed by atoms with van der Waals surface area (Å²) in [4.78, 5) is 66.7. The second-order valence-corrected chi connectivity index (χ2v) is 37.6. The number of hydrogen-bond donors (Lipinski definition) is 10. The molecule has 2 heterocycles. The molecule has 2 aliphatic heterocycles. The van der Waals surface area contributed by atoms with Crippen LogP contribution in [0, 0.1) is 11.8 Å². The van der Waals surface area contributed by atoms with Crippen LogP contribution in [0.3, 0.4) is 0 Å². The highest BCUT2D eigenvalue weighted by Gasteiger charge is 2.60. The molecule has 20 atom stereocenters. The smallest absolute Gasteiger partial charge is 0.463 e. The maximum absolute atomic E-state index is 15.0. The van der Waals surface area contributed by atoms with E-state index in [1.54, 1.807) is 0 Å². The van der Waals surface area contributed by atoms with Crippen LogP contribution in [0.1, 0.15) is 440 Å². The van der Waals surface area contributed by atoms with Gasteiger partial charge in [0.25, 0.3) is 0 Å². The molecule has 0 aromatic rings. The van der Waals surface area contributed by atoms with Gasteiger partial charge in [0.2, 0.25) is 0 Å². The van der Waals surface area contributed by atoms with Crippen molar-refractivity contribution in [3.8, 4) is 0 Å². The third kappa shape index (κ3) is 52.7. The molecule has 714 valence electrons. The lowest BCUT2D eigenvalue weighted by Crippen LogP contribution is -2.70. The molecule has 121 heavy (non-hydrogen) atoms. The summed E-state index contributed by atoms with van der Waals surface area (Å²) in [5.74, 6) is -1.63. The van der Waals surface area contributed by atoms with Crippen LogP contribution in [-0.2, 0) is 70.7 Å². The normalized spacial score (nSPS) is 25.1. The number of rotatable bonds is 80. The van der Waals surface area contributed by atoms with Gasteiger partial charge in [0, 0.05) is 25.7 Å². The van der Waals surface area contributed by atoms with E-state index in [0.717, 1.165) is 128 Å². The van der Waals surface area contributed by atoms with Crippen molar-refractivity contribution in [3.05, 3.63) is 0 Å². The van der Waals surface area contributed by atoms with Crippen LogP contribution in [0.2, 0.25) is 0 Å². The van der Waals surface area contributed by atoms with E-state index >= 15 is 0 Å². The Labute approximate surface area is 731 Å². The van der Waals surface area contributed by atoms with Gasteiger partial charge in [-0.1, -0.05) is 388 Å². The predicted molar refractivity (Wildman–Crippen MR) is 472 cm³/mol. The van der Waals surface area contributed by atoms with E-state index < -0.39 is 162 Å². The number of ether oxygens (including phenoxy) is 8. The average molecular weight is 1750 g/mol. The van der Waals surface area contributed by atoms with Crippen molar-refractivity contribution < 1.29 is 122 Å². The van der Waals surface area contributed by atoms with Crippen molar-refractivity contribution in [2.45, 2.75) is 544 Å². The molecule has 1 saturated carbocycles. The molecular weight excluding hydrogens is 1570 g/mol. The summed E-state index contributed by atoms with van der Waals surface area (Å²) < 4.78 is 73.7. The molecule has 0 aromatic heterocycles. The highest BCUT2D eigenvalue weighted by molar-refractivity contribution is 7.47. The van der Waals surface area contributed by atoms with Crippen LogP contribution in [0.4, 0.5) is 0 Å². The summed E-state index contributed by atoms with van der Waals surface area (Å²) >= 11 is 0. The average Bonchev–Trinajstić information content (AvgIpc) is 0.753. The summed E-state index contributed by atoms with van der Waals surface area (Å²) in [6.45, 7) is 10.3. The molecule has 26 heteroatoms. The predicted octanol–water partition coefficient (Wildman–Crippen LogP) is 19.0. The molecular formula is C95H179O25P. The summed E-state index contributed by atoms with van der Waals surface area (Å²) in [6.07, 6.45) is 27.9. The van der Waals surface area contributed by atoms with Crippen LogP contribution in [0.15, 0.2) is 0 Å². The molecule has 20 unspecified atom stereocenters. The standard InChI is InChI=1S/C95H179O25P/c1-7-11-15-19-23-25-27-29-31-33-35-37-39-49-58-66-79(98)112-72-77-83(102)85(104)89(108)95(116-77)119-92-90(117-81(100)68-60-52-44-42-48-56-64-74(6)62-54-46-22-18-14-10-4)86(105)87(106)91(118-94-88(107)84(103)82(101)76(69-96)115-94)93(92)120-121(109,110)113-71-75(114-80(99)67-59-51-40-38-36-34-32-30-28-26-24-20-16-12-8-2)70-111-78(97)65-57-50-43-41-47-55-63-73(5)61-53-45-21-17-13-9-3/h73-77,82-96,101-108H,7-72H2,1-6H3,(H,109,110). The third-order valence-corrected chi connectivity index (χ3v) is 25.9. The molecule has 2 saturated heterocycles. The van der Waals surface area contributed by atoms with Gasteiger partial charge in [0.05, 0.1) is 13.2 Å². The van der Waals surface area contributed by atoms with Gasteiger partial charge in [-0.15, -0.1) is 0 Å². The van der Waals surface area contributed by atoms with E-state index in [1.165, 1.54) is 212 Å². The number of esters is 4. The SMILES string of the molecule is CCCCCCCCCCCCCCCCCC(=O)OCC1OC(OC2C(OC(=O)CCCCCCCCC(C)CCCCCCCC)C(O)C(O)C(OC3OC(CO)C(O)C(O)C3O)C2OP(=O)(O)OCC(COC(=O)CCCCCCCCC(C)CCCCCCCC)OC(=O)CCCCCCCCCCCCCCCCC)C(O)C(O)C1O. The topological polar surface area (TPSA) is 380 Å². The van der Waals surface area contributed by atoms with Crippen molar-refractivity contribution >= 4 is 31.7 Å². The quantitative estimate of drug-likeness (QED) is 0.0117. The minimum atomic E-state index is -5.81. The second-order valence-electron chi connectivity index (χ2n) is 36.2. The first-order chi connectivity index (χ1) is 58.5. The van der Waals surface area contributed by atoms with Gasteiger partial charge >= 0.3 is 31.7 Å². The van der Waals surface area contributed by atoms with Crippen molar-refractivity contribution in [1.82, 2.24) is 0 Å². The summed E-state index contributed by atoms with van der Waals surface area (Å²) in [5.41, 5.74) is 0.